The van der Waals surface area contributed by atoms with E-state index in [1.807, 2.05) is 24.3 Å². The number of carbonyl (C=O) groups is 1. The summed E-state index contributed by atoms with van der Waals surface area (Å²) in [7, 11) is 0. The van der Waals surface area contributed by atoms with Crippen molar-refractivity contribution in [2.75, 3.05) is 11.5 Å². The first-order valence-electron chi connectivity index (χ1n) is 5.36. The van der Waals surface area contributed by atoms with Gasteiger partial charge in [-0.2, -0.15) is 0 Å². The summed E-state index contributed by atoms with van der Waals surface area (Å²) >= 11 is 1.56. The second kappa shape index (κ2) is 4.41. The van der Waals surface area contributed by atoms with Crippen molar-refractivity contribution < 1.29 is 4.79 Å². The zero-order valence-electron chi connectivity index (χ0n) is 9.86. The summed E-state index contributed by atoms with van der Waals surface area (Å²) in [5.74, 6) is 0.741. The molecule has 1 atom stereocenters. The largest absolute Gasteiger partial charge is 0.399 e. The maximum atomic E-state index is 11.0. The van der Waals surface area contributed by atoms with Gasteiger partial charge < -0.3 is 11.1 Å². The van der Waals surface area contributed by atoms with Crippen LogP contribution in [0.15, 0.2) is 29.3 Å². The predicted octanol–water partition coefficient (Wildman–Crippen LogP) is 1.72. The summed E-state index contributed by atoms with van der Waals surface area (Å²) < 4.78 is 0. The second-order valence-corrected chi connectivity index (χ2v) is 5.25. The van der Waals surface area contributed by atoms with Crippen molar-refractivity contribution in [1.29, 1.82) is 0 Å². The number of amides is 1. The minimum atomic E-state index is -0.282. The Labute approximate surface area is 105 Å². The lowest BCUT2D eigenvalue weighted by Crippen LogP contribution is -2.24. The smallest absolute Gasteiger partial charge is 0.222 e. The SMILES string of the molecule is CC(=O)NC1=NC(C)(c2ccc(N)cc2)CS1. The van der Waals surface area contributed by atoms with Crippen molar-refractivity contribution >= 4 is 28.5 Å². The monoisotopic (exact) mass is 249 g/mol. The quantitative estimate of drug-likeness (QED) is 0.745. The van der Waals surface area contributed by atoms with Gasteiger partial charge in [-0.1, -0.05) is 23.9 Å². The van der Waals surface area contributed by atoms with E-state index in [-0.39, 0.29) is 11.4 Å². The lowest BCUT2D eigenvalue weighted by molar-refractivity contribution is -0.117. The highest BCUT2D eigenvalue weighted by molar-refractivity contribution is 8.14. The Balaban J connectivity index is 2.23. The molecule has 0 bridgehead atoms. The van der Waals surface area contributed by atoms with E-state index in [2.05, 4.69) is 17.2 Å². The van der Waals surface area contributed by atoms with Crippen molar-refractivity contribution in [1.82, 2.24) is 5.32 Å². The number of aliphatic imine (C=N–C) groups is 1. The molecule has 0 spiro atoms. The average Bonchev–Trinajstić information content (AvgIpc) is 2.61. The highest BCUT2D eigenvalue weighted by Crippen LogP contribution is 2.36. The first-order valence-corrected chi connectivity index (χ1v) is 6.34. The number of hydrogen-bond acceptors (Lipinski definition) is 4. The lowest BCUT2D eigenvalue weighted by atomic mass is 9.95. The number of nitrogens with one attached hydrogen (secondary N) is 1. The molecule has 1 aromatic carbocycles. The van der Waals surface area contributed by atoms with Crippen molar-refractivity contribution in [2.45, 2.75) is 19.4 Å². The van der Waals surface area contributed by atoms with Crippen LogP contribution in [0.25, 0.3) is 0 Å². The molecule has 0 saturated heterocycles. The molecular formula is C12H15N3OS. The Morgan fingerprint density at radius 2 is 2.12 bits per heavy atom. The molecule has 90 valence electrons. The fourth-order valence-corrected chi connectivity index (χ4v) is 2.83. The molecule has 1 aliphatic rings. The van der Waals surface area contributed by atoms with Crippen molar-refractivity contribution in [3.8, 4) is 0 Å². The topological polar surface area (TPSA) is 67.5 Å². The van der Waals surface area contributed by atoms with Crippen LogP contribution < -0.4 is 11.1 Å². The molecule has 1 aliphatic heterocycles. The number of amidine groups is 1. The Bertz CT molecular complexity index is 469. The molecule has 0 fully saturated rings. The molecule has 1 unspecified atom stereocenters. The van der Waals surface area contributed by atoms with Gasteiger partial charge in [0.05, 0.1) is 5.54 Å². The zero-order valence-corrected chi connectivity index (χ0v) is 10.7. The fraction of sp³-hybridized carbons (Fsp3) is 0.333. The normalized spacial score (nSPS) is 23.3. The van der Waals surface area contributed by atoms with Crippen molar-refractivity contribution in [3.63, 3.8) is 0 Å². The molecule has 1 heterocycles. The van der Waals surface area contributed by atoms with E-state index in [1.54, 1.807) is 11.8 Å². The minimum Gasteiger partial charge on any atom is -0.399 e. The molecule has 0 saturated carbocycles. The summed E-state index contributed by atoms with van der Waals surface area (Å²) in [6.45, 7) is 3.54. The number of rotatable bonds is 1. The Morgan fingerprint density at radius 3 is 2.71 bits per heavy atom. The van der Waals surface area contributed by atoms with Gasteiger partial charge in [-0.05, 0) is 24.6 Å². The van der Waals surface area contributed by atoms with Gasteiger partial charge in [0.25, 0.3) is 0 Å². The third-order valence-corrected chi connectivity index (χ3v) is 3.83. The molecule has 0 aliphatic carbocycles. The van der Waals surface area contributed by atoms with Gasteiger partial charge >= 0.3 is 0 Å². The number of thioether (sulfide) groups is 1. The first-order chi connectivity index (χ1) is 7.99. The predicted molar refractivity (Wildman–Crippen MR) is 71.9 cm³/mol. The van der Waals surface area contributed by atoms with Crippen molar-refractivity contribution in [3.05, 3.63) is 29.8 Å². The average molecular weight is 249 g/mol. The van der Waals surface area contributed by atoms with Crippen LogP contribution in [0.5, 0.6) is 0 Å². The number of carbonyl (C=O) groups excluding carboxylic acids is 1. The van der Waals surface area contributed by atoms with E-state index in [0.29, 0.717) is 5.17 Å². The highest BCUT2D eigenvalue weighted by Gasteiger charge is 2.32. The van der Waals surface area contributed by atoms with Crippen LogP contribution in [-0.4, -0.2) is 16.8 Å². The lowest BCUT2D eigenvalue weighted by Gasteiger charge is -2.19. The molecule has 2 rings (SSSR count). The molecule has 1 aromatic rings. The molecule has 0 radical (unpaired) electrons. The Morgan fingerprint density at radius 1 is 1.47 bits per heavy atom. The summed E-state index contributed by atoms with van der Waals surface area (Å²) in [5, 5.41) is 3.42. The van der Waals surface area contributed by atoms with Gasteiger partial charge in [-0.25, -0.2) is 0 Å². The van der Waals surface area contributed by atoms with Crippen LogP contribution in [0.2, 0.25) is 0 Å². The van der Waals surface area contributed by atoms with Crippen LogP contribution in [0.1, 0.15) is 19.4 Å². The number of nitrogens with zero attached hydrogens (tertiary/aromatic N) is 1. The van der Waals surface area contributed by atoms with Gasteiger partial charge in [0.1, 0.15) is 0 Å². The Hall–Kier alpha value is -1.49. The summed E-state index contributed by atoms with van der Waals surface area (Å²) in [6.07, 6.45) is 0. The van der Waals surface area contributed by atoms with E-state index in [4.69, 9.17) is 5.73 Å². The molecular weight excluding hydrogens is 234 g/mol. The molecule has 0 aromatic heterocycles. The maximum Gasteiger partial charge on any atom is 0.222 e. The zero-order chi connectivity index (χ0) is 12.5. The third kappa shape index (κ3) is 2.61. The van der Waals surface area contributed by atoms with Crippen LogP contribution in [-0.2, 0) is 10.3 Å². The number of benzene rings is 1. The Kier molecular flexibility index (Phi) is 3.11. The standard InChI is InChI=1S/C12H15N3OS/c1-8(16)14-11-15-12(2,7-17-11)9-3-5-10(13)6-4-9/h3-6H,7,13H2,1-2H3,(H,14,15,16). The van der Waals surface area contributed by atoms with Gasteiger partial charge in [-0.3, -0.25) is 9.79 Å². The molecule has 1 amide bonds. The first kappa shape index (κ1) is 12.0. The number of hydrogen-bond donors (Lipinski definition) is 2. The van der Waals surface area contributed by atoms with Gasteiger partial charge in [-0.15, -0.1) is 0 Å². The molecule has 4 nitrogen and oxygen atoms in total. The van der Waals surface area contributed by atoms with Crippen LogP contribution in [0.3, 0.4) is 0 Å². The minimum absolute atomic E-state index is 0.0854. The summed E-state index contributed by atoms with van der Waals surface area (Å²) in [6, 6.07) is 7.71. The van der Waals surface area contributed by atoms with Crippen molar-refractivity contribution in [2.24, 2.45) is 4.99 Å². The van der Waals surface area contributed by atoms with E-state index >= 15 is 0 Å². The van der Waals surface area contributed by atoms with E-state index in [9.17, 15) is 4.79 Å². The highest BCUT2D eigenvalue weighted by atomic mass is 32.2. The van der Waals surface area contributed by atoms with Gasteiger partial charge in [0, 0.05) is 18.4 Å². The second-order valence-electron chi connectivity index (χ2n) is 4.28. The fourth-order valence-electron chi connectivity index (χ4n) is 1.70. The van der Waals surface area contributed by atoms with Crippen LogP contribution in [0, 0.1) is 0 Å². The van der Waals surface area contributed by atoms with Gasteiger partial charge in [0.2, 0.25) is 5.91 Å². The van der Waals surface area contributed by atoms with Gasteiger partial charge in [0.15, 0.2) is 5.17 Å². The number of nitrogens with two attached hydrogens (primary N) is 1. The van der Waals surface area contributed by atoms with Crippen LogP contribution >= 0.6 is 11.8 Å². The number of anilines is 1. The molecule has 5 heteroatoms. The van der Waals surface area contributed by atoms with E-state index < -0.39 is 0 Å². The van der Waals surface area contributed by atoms with E-state index in [0.717, 1.165) is 17.0 Å². The molecule has 3 N–H and O–H groups in total. The third-order valence-electron chi connectivity index (χ3n) is 2.65. The summed E-state index contributed by atoms with van der Waals surface area (Å²) in [5.41, 5.74) is 7.24. The molecule has 17 heavy (non-hydrogen) atoms. The number of nitrogen functional groups attached to an aromatic ring is 1. The summed E-state index contributed by atoms with van der Waals surface area (Å²) in [4.78, 5) is 15.5. The van der Waals surface area contributed by atoms with Crippen LogP contribution in [0.4, 0.5) is 5.69 Å². The van der Waals surface area contributed by atoms with E-state index in [1.165, 1.54) is 6.92 Å². The maximum absolute atomic E-state index is 11.0.